The first-order valence-corrected chi connectivity index (χ1v) is 48.0. The van der Waals surface area contributed by atoms with Crippen LogP contribution in [-0.4, -0.2) is 0 Å². The molecule has 0 atom stereocenters. The molecule has 0 N–H and O–H groups in total. The van der Waals surface area contributed by atoms with Crippen molar-refractivity contribution in [2.75, 3.05) is 9.80 Å². The molecule has 18 rings (SSSR count). The van der Waals surface area contributed by atoms with Gasteiger partial charge >= 0.3 is 0 Å². The number of anilines is 6. The Morgan fingerprint density at radius 2 is 0.516 bits per heavy atom. The molecule has 0 bridgehead atoms. The van der Waals surface area contributed by atoms with Crippen LogP contribution in [0.5, 0.6) is 0 Å². The molecule has 14 aromatic rings. The Morgan fingerprint density at radius 3 is 0.938 bits per heavy atom. The van der Waals surface area contributed by atoms with Crippen LogP contribution in [-0.2, 0) is 43.3 Å². The number of rotatable bonds is 14. The van der Waals surface area contributed by atoms with E-state index in [0.717, 1.165) is 11.4 Å². The fourth-order valence-corrected chi connectivity index (χ4v) is 20.8. The highest BCUT2D eigenvalue weighted by atomic mass is 15.2. The molecule has 2 fully saturated rings. The summed E-state index contributed by atoms with van der Waals surface area (Å²) in [7, 11) is 0. The summed E-state index contributed by atoms with van der Waals surface area (Å²) in [4.78, 5) is 5.07. The summed E-state index contributed by atoms with van der Waals surface area (Å²) >= 11 is 0. The Bertz CT molecular complexity index is 6350. The molecule has 652 valence electrons. The summed E-state index contributed by atoms with van der Waals surface area (Å²) in [6.45, 7) is 51.4. The van der Waals surface area contributed by atoms with Crippen LogP contribution in [0.2, 0.25) is 0 Å². The Morgan fingerprint density at radius 1 is 0.203 bits per heavy atom. The number of para-hydroxylation sites is 1. The predicted molar refractivity (Wildman–Crippen MR) is 554 cm³/mol. The van der Waals surface area contributed by atoms with Crippen LogP contribution in [0, 0.1) is 0 Å². The lowest BCUT2D eigenvalue weighted by atomic mass is 9.79. The van der Waals surface area contributed by atoms with Gasteiger partial charge in [-0.25, -0.2) is 0 Å². The van der Waals surface area contributed by atoms with Crippen molar-refractivity contribution in [3.05, 3.63) is 370 Å². The van der Waals surface area contributed by atoms with Crippen LogP contribution in [0.4, 0.5) is 34.1 Å². The van der Waals surface area contributed by atoms with Crippen LogP contribution >= 0.6 is 0 Å². The van der Waals surface area contributed by atoms with Gasteiger partial charge in [0.1, 0.15) is 0 Å². The number of benzene rings is 14. The van der Waals surface area contributed by atoms with Crippen LogP contribution in [0.15, 0.2) is 303 Å². The lowest BCUT2D eigenvalue weighted by Crippen LogP contribution is -2.18. The minimum absolute atomic E-state index is 0.0565. The number of fused-ring (bicyclic) bond motifs is 6. The maximum atomic E-state index is 2.56. The summed E-state index contributed by atoms with van der Waals surface area (Å²) < 4.78 is 0. The van der Waals surface area contributed by atoms with Crippen molar-refractivity contribution in [2.24, 2.45) is 0 Å². The first-order chi connectivity index (χ1) is 60.7. The van der Waals surface area contributed by atoms with Crippen LogP contribution in [0.3, 0.4) is 0 Å². The summed E-state index contributed by atoms with van der Waals surface area (Å²) in [5.74, 6) is 1.33. The highest BCUT2D eigenvalue weighted by molar-refractivity contribution is 5.93. The molecular formula is C126H138N2. The lowest BCUT2D eigenvalue weighted by molar-refractivity contribution is 0.443. The zero-order valence-corrected chi connectivity index (χ0v) is 81.0. The molecule has 0 aromatic heterocycles. The van der Waals surface area contributed by atoms with Crippen LogP contribution < -0.4 is 9.80 Å². The van der Waals surface area contributed by atoms with Crippen molar-refractivity contribution in [1.29, 1.82) is 0 Å². The fraction of sp³-hybridized carbons (Fsp3) is 0.333. The maximum absolute atomic E-state index is 2.56. The zero-order valence-electron chi connectivity index (χ0n) is 81.0. The van der Waals surface area contributed by atoms with Crippen molar-refractivity contribution in [3.63, 3.8) is 0 Å². The molecule has 2 saturated carbocycles. The minimum atomic E-state index is -0.123. The lowest BCUT2D eigenvalue weighted by Gasteiger charge is -2.32. The summed E-state index contributed by atoms with van der Waals surface area (Å²) in [6, 6.07) is 117. The average molecular weight is 1680 g/mol. The fourth-order valence-electron chi connectivity index (χ4n) is 20.8. The van der Waals surface area contributed by atoms with E-state index in [4.69, 9.17) is 0 Å². The Kier molecular flexibility index (Phi) is 23.8. The molecule has 14 aromatic carbocycles. The van der Waals surface area contributed by atoms with Crippen molar-refractivity contribution in [3.8, 4) is 89.0 Å². The third-order valence-corrected chi connectivity index (χ3v) is 29.0. The summed E-state index contributed by atoms with van der Waals surface area (Å²) in [5, 5.41) is 0. The van der Waals surface area contributed by atoms with Gasteiger partial charge in [-0.05, 0) is 287 Å². The highest BCUT2D eigenvalue weighted by Gasteiger charge is 2.39. The molecule has 4 aliphatic rings. The van der Waals surface area contributed by atoms with Gasteiger partial charge in [0, 0.05) is 44.8 Å². The molecule has 2 heteroatoms. The molecule has 0 unspecified atom stereocenters. The van der Waals surface area contributed by atoms with E-state index < -0.39 is 0 Å². The summed E-state index contributed by atoms with van der Waals surface area (Å²) in [6.07, 6.45) is 13.3. The second kappa shape index (κ2) is 34.3. The van der Waals surface area contributed by atoms with E-state index >= 15 is 0 Å². The van der Waals surface area contributed by atoms with E-state index in [9.17, 15) is 0 Å². The number of hydrogen-bond acceptors (Lipinski definition) is 2. The molecular weight excluding hydrogens is 1540 g/mol. The second-order valence-corrected chi connectivity index (χ2v) is 45.2. The molecule has 0 amide bonds. The quantitative estimate of drug-likeness (QED) is 0.107. The van der Waals surface area contributed by atoms with Gasteiger partial charge in [-0.1, -0.05) is 427 Å². The standard InChI is InChI=1S/2C63H69N/c1-60(2,3)49-35-47(36-50(39-49)61(4,5)6)43-28-30-44(31-29-43)48-37-51(62(7,8)9)40-53(38-48)64(52-32-33-56-55-25-15-17-26-57(55)63(10,11)58(56)41-52)59-27-18-16-24-54(59)46-23-19-22-45(34-46)42-20-13-12-14-21-42;1-60(2,3)50-34-48(35-51(39-50)61(4,5)6)45-28-30-46(31-29-45)49-36-52(62(7,8)9)40-55(38-49)64(54-32-33-57-56-22-15-16-23-58(56)63(10,11)59(57)41-54)53-21-17-20-47(37-53)44-26-24-43(25-27-44)42-18-13-12-14-19-42/h15-19,22-42H,12-14,20-21H2,1-11H3;15-17,20-42H,12-14,18-19H2,1-11H3. The third-order valence-electron chi connectivity index (χ3n) is 29.0. The van der Waals surface area contributed by atoms with Gasteiger partial charge in [-0.2, -0.15) is 0 Å². The van der Waals surface area contributed by atoms with Gasteiger partial charge in [0.05, 0.1) is 5.69 Å². The van der Waals surface area contributed by atoms with E-state index in [1.165, 1.54) is 243 Å². The summed E-state index contributed by atoms with van der Waals surface area (Å²) in [5.41, 5.74) is 43.9. The molecule has 2 nitrogen and oxygen atoms in total. The Balaban J connectivity index is 0.000000180. The highest BCUT2D eigenvalue weighted by Crippen LogP contribution is 2.55. The Hall–Kier alpha value is -11.3. The number of nitrogens with zero attached hydrogens (tertiary/aromatic N) is 2. The van der Waals surface area contributed by atoms with Gasteiger partial charge in [0.2, 0.25) is 0 Å². The van der Waals surface area contributed by atoms with E-state index in [1.807, 2.05) is 0 Å². The largest absolute Gasteiger partial charge is 0.310 e. The van der Waals surface area contributed by atoms with Crippen LogP contribution in [0.25, 0.3) is 89.0 Å². The van der Waals surface area contributed by atoms with Crippen LogP contribution in [0.1, 0.15) is 295 Å². The molecule has 0 radical (unpaired) electrons. The smallest absolute Gasteiger partial charge is 0.0540 e. The Labute approximate surface area is 769 Å². The molecule has 0 heterocycles. The van der Waals surface area contributed by atoms with E-state index in [2.05, 4.69) is 465 Å². The van der Waals surface area contributed by atoms with Crippen molar-refractivity contribution >= 4 is 34.1 Å². The molecule has 4 aliphatic carbocycles. The molecule has 0 saturated heterocycles. The van der Waals surface area contributed by atoms with Crippen molar-refractivity contribution < 1.29 is 0 Å². The monoisotopic (exact) mass is 1680 g/mol. The third kappa shape index (κ3) is 18.2. The first-order valence-electron chi connectivity index (χ1n) is 48.0. The van der Waals surface area contributed by atoms with Gasteiger partial charge in [0.15, 0.2) is 0 Å². The van der Waals surface area contributed by atoms with Gasteiger partial charge in [0.25, 0.3) is 0 Å². The second-order valence-electron chi connectivity index (χ2n) is 45.2. The van der Waals surface area contributed by atoms with Gasteiger partial charge in [-0.3, -0.25) is 0 Å². The van der Waals surface area contributed by atoms with E-state index in [1.54, 1.807) is 0 Å². The SMILES string of the molecule is CC(C)(C)c1cc(-c2ccc(-c3cc(C(C)(C)C)cc(C(C)(C)C)c3)cc2)cc(N(c2ccc3c(c2)C(C)(C)c2ccccc2-3)c2ccccc2-c2cccc(C3CCCCC3)c2)c1.CC(C)(C)c1cc(-c2ccc(-c3cc(C(C)(C)C)cc(C(C)(C)C)c3)cc2)cc(N(c2cccc(-c3ccc(C4CCCCC4)cc3)c2)c2ccc3c(c2)C(C)(C)c2ccccc2-3)c1. The normalized spacial score (nSPS) is 15.2. The molecule has 0 aliphatic heterocycles. The van der Waals surface area contributed by atoms with Crippen molar-refractivity contribution in [1.82, 2.24) is 0 Å². The number of hydrogen-bond donors (Lipinski definition) is 0. The van der Waals surface area contributed by atoms with Gasteiger partial charge in [-0.15, -0.1) is 0 Å². The minimum Gasteiger partial charge on any atom is -0.310 e. The first kappa shape index (κ1) is 88.7. The zero-order chi connectivity index (χ0) is 90.4. The van der Waals surface area contributed by atoms with Crippen molar-refractivity contribution in [2.45, 2.75) is 272 Å². The molecule has 128 heavy (non-hydrogen) atoms. The van der Waals surface area contributed by atoms with E-state index in [-0.39, 0.29) is 43.3 Å². The van der Waals surface area contributed by atoms with Gasteiger partial charge < -0.3 is 9.80 Å². The maximum Gasteiger partial charge on any atom is 0.0540 e. The average Bonchev–Trinajstić information content (AvgIpc) is 1.42. The molecule has 0 spiro atoms. The van der Waals surface area contributed by atoms with E-state index in [0.29, 0.717) is 11.8 Å². The predicted octanol–water partition coefficient (Wildman–Crippen LogP) is 36.8. The topological polar surface area (TPSA) is 6.48 Å².